The van der Waals surface area contributed by atoms with Crippen molar-refractivity contribution in [1.82, 2.24) is 9.97 Å². The highest BCUT2D eigenvalue weighted by atomic mass is 35.5. The third-order valence-corrected chi connectivity index (χ3v) is 3.79. The number of rotatable bonds is 2. The average molecular weight is 295 g/mol. The normalized spacial score (nSPS) is 10.9. The first-order valence-electron chi connectivity index (χ1n) is 5.43. The molecule has 0 N–H and O–H groups in total. The van der Waals surface area contributed by atoms with Gasteiger partial charge in [-0.2, -0.15) is 0 Å². The average Bonchev–Trinajstić information content (AvgIpc) is 2.85. The second-order valence-corrected chi connectivity index (χ2v) is 5.08. The highest BCUT2D eigenvalue weighted by Gasteiger charge is 2.14. The molecule has 0 bridgehead atoms. The van der Waals surface area contributed by atoms with Gasteiger partial charge in [-0.25, -0.2) is 14.4 Å². The van der Waals surface area contributed by atoms with Gasteiger partial charge >= 0.3 is 0 Å². The fourth-order valence-electron chi connectivity index (χ4n) is 1.83. The van der Waals surface area contributed by atoms with E-state index in [2.05, 4.69) is 9.97 Å². The van der Waals surface area contributed by atoms with Gasteiger partial charge in [0.25, 0.3) is 0 Å². The van der Waals surface area contributed by atoms with Crippen LogP contribution in [0.2, 0.25) is 5.28 Å². The number of ether oxygens (including phenoxy) is 1. The van der Waals surface area contributed by atoms with Gasteiger partial charge in [0.2, 0.25) is 5.28 Å². The first-order valence-corrected chi connectivity index (χ1v) is 6.69. The number of hydrogen-bond donors (Lipinski definition) is 0. The third-order valence-electron chi connectivity index (χ3n) is 2.71. The van der Waals surface area contributed by atoms with Crippen LogP contribution in [0.4, 0.5) is 4.39 Å². The van der Waals surface area contributed by atoms with Crippen LogP contribution in [0.1, 0.15) is 0 Å². The Kier molecular flexibility index (Phi) is 3.08. The van der Waals surface area contributed by atoms with E-state index in [1.807, 2.05) is 11.4 Å². The summed E-state index contributed by atoms with van der Waals surface area (Å²) in [6.45, 7) is 0. The molecule has 0 atom stereocenters. The molecule has 0 saturated carbocycles. The first-order chi connectivity index (χ1) is 9.19. The van der Waals surface area contributed by atoms with Crippen LogP contribution in [-0.2, 0) is 0 Å². The summed E-state index contributed by atoms with van der Waals surface area (Å²) < 4.78 is 19.9. The second kappa shape index (κ2) is 4.75. The molecule has 19 heavy (non-hydrogen) atoms. The fourth-order valence-corrected chi connectivity index (χ4v) is 2.84. The molecule has 2 heterocycles. The Hall–Kier alpha value is -1.72. The molecule has 0 unspecified atom stereocenters. The predicted molar refractivity (Wildman–Crippen MR) is 74.4 cm³/mol. The number of halogens is 2. The van der Waals surface area contributed by atoms with E-state index in [1.54, 1.807) is 12.1 Å². The lowest BCUT2D eigenvalue weighted by Gasteiger charge is -2.06. The van der Waals surface area contributed by atoms with Gasteiger partial charge in [-0.15, -0.1) is 11.3 Å². The maximum absolute atomic E-state index is 14.1. The van der Waals surface area contributed by atoms with E-state index in [1.165, 1.54) is 24.5 Å². The highest BCUT2D eigenvalue weighted by molar-refractivity contribution is 7.17. The molecule has 0 fully saturated rings. The zero-order valence-corrected chi connectivity index (χ0v) is 11.4. The molecule has 3 aromatic rings. The third kappa shape index (κ3) is 2.15. The van der Waals surface area contributed by atoms with Crippen molar-refractivity contribution in [2.24, 2.45) is 0 Å². The van der Waals surface area contributed by atoms with Gasteiger partial charge in [0.05, 0.1) is 23.0 Å². The van der Waals surface area contributed by atoms with Crippen molar-refractivity contribution >= 4 is 33.2 Å². The minimum atomic E-state index is -0.399. The summed E-state index contributed by atoms with van der Waals surface area (Å²) in [7, 11) is 1.49. The topological polar surface area (TPSA) is 35.0 Å². The fraction of sp³-hybridized carbons (Fsp3) is 0.0769. The molecule has 3 rings (SSSR count). The number of benzene rings is 1. The summed E-state index contributed by atoms with van der Waals surface area (Å²) in [5.74, 6) is 0.0626. The zero-order chi connectivity index (χ0) is 13.4. The maximum atomic E-state index is 14.1. The monoisotopic (exact) mass is 294 g/mol. The van der Waals surface area contributed by atoms with Crippen LogP contribution in [0.3, 0.4) is 0 Å². The lowest BCUT2D eigenvalue weighted by molar-refractivity contribution is 0.411. The molecule has 0 radical (unpaired) electrons. The Balaban J connectivity index is 2.26. The van der Waals surface area contributed by atoms with Gasteiger partial charge in [0.15, 0.2) is 0 Å². The lowest BCUT2D eigenvalue weighted by Crippen LogP contribution is -1.92. The predicted octanol–water partition coefficient (Wildman–Crippen LogP) is 4.16. The molecule has 96 valence electrons. The number of aromatic nitrogens is 2. The summed E-state index contributed by atoms with van der Waals surface area (Å²) >= 11 is 7.33. The quantitative estimate of drug-likeness (QED) is 0.666. The summed E-state index contributed by atoms with van der Waals surface area (Å²) in [5.41, 5.74) is 1.61. The van der Waals surface area contributed by atoms with Crippen molar-refractivity contribution in [1.29, 1.82) is 0 Å². The van der Waals surface area contributed by atoms with E-state index in [-0.39, 0.29) is 5.28 Å². The Morgan fingerprint density at radius 3 is 2.84 bits per heavy atom. The van der Waals surface area contributed by atoms with Gasteiger partial charge in [0.1, 0.15) is 11.6 Å². The molecule has 6 heteroatoms. The number of thiophene rings is 1. The molecule has 2 aromatic heterocycles. The van der Waals surface area contributed by atoms with Crippen molar-refractivity contribution in [2.75, 3.05) is 7.11 Å². The van der Waals surface area contributed by atoms with Gasteiger partial charge in [-0.3, -0.25) is 0 Å². The molecule has 0 spiro atoms. The van der Waals surface area contributed by atoms with E-state index < -0.39 is 5.82 Å². The van der Waals surface area contributed by atoms with Crippen LogP contribution < -0.4 is 4.74 Å². The van der Waals surface area contributed by atoms with E-state index in [9.17, 15) is 4.39 Å². The molecular formula is C13H8ClFN2OS. The van der Waals surface area contributed by atoms with E-state index >= 15 is 0 Å². The van der Waals surface area contributed by atoms with Gasteiger partial charge in [0, 0.05) is 11.6 Å². The van der Waals surface area contributed by atoms with Gasteiger partial charge in [-0.1, -0.05) is 0 Å². The Morgan fingerprint density at radius 1 is 1.26 bits per heavy atom. The van der Waals surface area contributed by atoms with Crippen LogP contribution in [0.15, 0.2) is 29.6 Å². The molecule has 3 nitrogen and oxygen atoms in total. The van der Waals surface area contributed by atoms with Crippen LogP contribution in [-0.4, -0.2) is 17.1 Å². The standard InChI is InChI=1S/C13H8ClFN2OS/c1-18-7-2-3-8(9(15)6-7)11-12-10(4-5-19-12)16-13(14)17-11/h2-6H,1H3. The van der Waals surface area contributed by atoms with Crippen LogP contribution >= 0.6 is 22.9 Å². The smallest absolute Gasteiger partial charge is 0.223 e. The van der Waals surface area contributed by atoms with Crippen LogP contribution in [0.5, 0.6) is 5.75 Å². The molecule has 0 aliphatic heterocycles. The highest BCUT2D eigenvalue weighted by Crippen LogP contribution is 2.33. The molecule has 0 amide bonds. The number of fused-ring (bicyclic) bond motifs is 1. The Labute approximate surface area is 117 Å². The molecule has 1 aromatic carbocycles. The molecule has 0 aliphatic carbocycles. The first kappa shape index (κ1) is 12.3. The van der Waals surface area contributed by atoms with E-state index in [0.29, 0.717) is 17.0 Å². The maximum Gasteiger partial charge on any atom is 0.223 e. The van der Waals surface area contributed by atoms with E-state index in [4.69, 9.17) is 16.3 Å². The Morgan fingerprint density at radius 2 is 2.11 bits per heavy atom. The summed E-state index contributed by atoms with van der Waals surface area (Å²) in [5, 5.41) is 1.98. The SMILES string of the molecule is COc1ccc(-c2nc(Cl)nc3ccsc23)c(F)c1. The molecule has 0 saturated heterocycles. The van der Waals surface area contributed by atoms with Crippen LogP contribution in [0.25, 0.3) is 21.5 Å². The Bertz CT molecular complexity index is 759. The lowest BCUT2D eigenvalue weighted by atomic mass is 10.1. The minimum Gasteiger partial charge on any atom is -0.497 e. The van der Waals surface area contributed by atoms with Gasteiger partial charge < -0.3 is 4.74 Å². The summed E-state index contributed by atoms with van der Waals surface area (Å²) in [6, 6.07) is 6.48. The van der Waals surface area contributed by atoms with E-state index in [0.717, 1.165) is 10.2 Å². The zero-order valence-electron chi connectivity index (χ0n) is 9.85. The second-order valence-electron chi connectivity index (χ2n) is 3.82. The molecular weight excluding hydrogens is 287 g/mol. The van der Waals surface area contributed by atoms with Crippen molar-refractivity contribution < 1.29 is 9.13 Å². The van der Waals surface area contributed by atoms with Gasteiger partial charge in [-0.05, 0) is 35.2 Å². The van der Waals surface area contributed by atoms with Crippen molar-refractivity contribution in [2.45, 2.75) is 0 Å². The van der Waals surface area contributed by atoms with Crippen molar-refractivity contribution in [3.8, 4) is 17.0 Å². The summed E-state index contributed by atoms with van der Waals surface area (Å²) in [4.78, 5) is 8.25. The number of hydrogen-bond acceptors (Lipinski definition) is 4. The minimum absolute atomic E-state index is 0.108. The number of methoxy groups -OCH3 is 1. The largest absolute Gasteiger partial charge is 0.497 e. The number of nitrogens with zero attached hydrogens (tertiary/aromatic N) is 2. The van der Waals surface area contributed by atoms with Crippen molar-refractivity contribution in [3.63, 3.8) is 0 Å². The van der Waals surface area contributed by atoms with Crippen LogP contribution in [0, 0.1) is 5.82 Å². The molecule has 0 aliphatic rings. The summed E-state index contributed by atoms with van der Waals surface area (Å²) in [6.07, 6.45) is 0. The van der Waals surface area contributed by atoms with Crippen molar-refractivity contribution in [3.05, 3.63) is 40.7 Å².